The highest BCUT2D eigenvalue weighted by Gasteiger charge is 2.03. The molecule has 1 unspecified atom stereocenters. The predicted octanol–water partition coefficient (Wildman–Crippen LogP) is 6.69. The lowest BCUT2D eigenvalue weighted by molar-refractivity contribution is 0.0627. The summed E-state index contributed by atoms with van der Waals surface area (Å²) in [6, 6.07) is 10.5. The molecule has 120 valence electrons. The van der Waals surface area contributed by atoms with Crippen molar-refractivity contribution in [1.82, 2.24) is 0 Å². The van der Waals surface area contributed by atoms with Crippen molar-refractivity contribution in [2.24, 2.45) is 0 Å². The summed E-state index contributed by atoms with van der Waals surface area (Å²) in [5.41, 5.74) is 1.28. The topological polar surface area (TPSA) is 9.23 Å². The summed E-state index contributed by atoms with van der Waals surface area (Å²) in [6.07, 6.45) is 14.0. The average molecular weight is 290 g/mol. The first-order chi connectivity index (χ1) is 10.3. The van der Waals surface area contributed by atoms with Crippen LogP contribution in [-0.4, -0.2) is 6.61 Å². The van der Waals surface area contributed by atoms with E-state index in [0.29, 0.717) is 0 Å². The van der Waals surface area contributed by atoms with Crippen molar-refractivity contribution in [3.8, 4) is 0 Å². The molecule has 0 spiro atoms. The Bertz CT molecular complexity index is 320. The van der Waals surface area contributed by atoms with Gasteiger partial charge in [-0.2, -0.15) is 0 Å². The molecule has 0 fully saturated rings. The van der Waals surface area contributed by atoms with E-state index in [4.69, 9.17) is 4.74 Å². The Kier molecular flexibility index (Phi) is 11.2. The van der Waals surface area contributed by atoms with Crippen molar-refractivity contribution >= 4 is 0 Å². The smallest absolute Gasteiger partial charge is 0.0796 e. The van der Waals surface area contributed by atoms with Crippen molar-refractivity contribution in [2.45, 2.75) is 84.2 Å². The van der Waals surface area contributed by atoms with Gasteiger partial charge in [0.2, 0.25) is 0 Å². The van der Waals surface area contributed by atoms with Crippen LogP contribution in [0.1, 0.15) is 89.7 Å². The minimum absolute atomic E-state index is 0.227. The van der Waals surface area contributed by atoms with Crippen LogP contribution in [0.4, 0.5) is 0 Å². The molecule has 0 aliphatic carbocycles. The molecule has 1 nitrogen and oxygen atoms in total. The molecule has 0 aromatic heterocycles. The lowest BCUT2D eigenvalue weighted by Crippen LogP contribution is -2.01. The van der Waals surface area contributed by atoms with Gasteiger partial charge in [0, 0.05) is 6.61 Å². The molecule has 21 heavy (non-hydrogen) atoms. The number of benzene rings is 1. The van der Waals surface area contributed by atoms with E-state index in [1.165, 1.54) is 69.8 Å². The van der Waals surface area contributed by atoms with E-state index >= 15 is 0 Å². The standard InChI is InChI=1S/C20H34O/c1-3-4-5-6-7-8-9-10-11-15-18-21-19(2)20-16-13-12-14-17-20/h12-14,16-17,19H,3-11,15,18H2,1-2H3. The normalized spacial score (nSPS) is 12.5. The van der Waals surface area contributed by atoms with Gasteiger partial charge >= 0.3 is 0 Å². The lowest BCUT2D eigenvalue weighted by Gasteiger charge is -2.13. The molecule has 1 rings (SSSR count). The van der Waals surface area contributed by atoms with Crippen molar-refractivity contribution in [1.29, 1.82) is 0 Å². The van der Waals surface area contributed by atoms with Crippen LogP contribution in [0, 0.1) is 0 Å². The fraction of sp³-hybridized carbons (Fsp3) is 0.700. The monoisotopic (exact) mass is 290 g/mol. The largest absolute Gasteiger partial charge is 0.374 e. The van der Waals surface area contributed by atoms with Gasteiger partial charge in [-0.05, 0) is 18.9 Å². The Labute approximate surface area is 132 Å². The van der Waals surface area contributed by atoms with Crippen LogP contribution in [0.5, 0.6) is 0 Å². The summed E-state index contributed by atoms with van der Waals surface area (Å²) in [4.78, 5) is 0. The van der Waals surface area contributed by atoms with Crippen molar-refractivity contribution < 1.29 is 4.74 Å². The van der Waals surface area contributed by atoms with E-state index in [1.54, 1.807) is 0 Å². The van der Waals surface area contributed by atoms with Crippen LogP contribution in [0.3, 0.4) is 0 Å². The third-order valence-corrected chi connectivity index (χ3v) is 4.13. The Balaban J connectivity index is 1.86. The first-order valence-electron chi connectivity index (χ1n) is 9.01. The second-order valence-electron chi connectivity index (χ2n) is 6.11. The molecular weight excluding hydrogens is 256 g/mol. The molecule has 0 heterocycles. The van der Waals surface area contributed by atoms with Gasteiger partial charge in [0.1, 0.15) is 0 Å². The Morgan fingerprint density at radius 2 is 1.29 bits per heavy atom. The Hall–Kier alpha value is -0.820. The zero-order chi connectivity index (χ0) is 15.2. The Morgan fingerprint density at radius 1 is 0.762 bits per heavy atom. The highest BCUT2D eigenvalue weighted by Crippen LogP contribution is 2.17. The van der Waals surface area contributed by atoms with Crippen LogP contribution in [0.15, 0.2) is 30.3 Å². The first-order valence-corrected chi connectivity index (χ1v) is 9.01. The number of hydrogen-bond donors (Lipinski definition) is 0. The number of rotatable bonds is 13. The molecular formula is C20H34O. The zero-order valence-corrected chi connectivity index (χ0v) is 14.2. The summed E-state index contributed by atoms with van der Waals surface area (Å²) < 4.78 is 5.90. The van der Waals surface area contributed by atoms with Crippen LogP contribution in [0.2, 0.25) is 0 Å². The highest BCUT2D eigenvalue weighted by molar-refractivity contribution is 5.16. The first kappa shape index (κ1) is 18.2. The molecule has 0 saturated carbocycles. The summed E-state index contributed by atoms with van der Waals surface area (Å²) in [5, 5.41) is 0. The van der Waals surface area contributed by atoms with E-state index in [2.05, 4.69) is 44.2 Å². The second kappa shape index (κ2) is 12.9. The summed E-state index contributed by atoms with van der Waals surface area (Å²) in [6.45, 7) is 5.32. The number of unbranched alkanes of at least 4 members (excludes halogenated alkanes) is 9. The fourth-order valence-corrected chi connectivity index (χ4v) is 2.67. The van der Waals surface area contributed by atoms with Gasteiger partial charge < -0.3 is 4.74 Å². The molecule has 0 N–H and O–H groups in total. The van der Waals surface area contributed by atoms with E-state index in [1.807, 2.05) is 0 Å². The van der Waals surface area contributed by atoms with Gasteiger partial charge in [0.05, 0.1) is 6.10 Å². The van der Waals surface area contributed by atoms with Gasteiger partial charge in [-0.25, -0.2) is 0 Å². The van der Waals surface area contributed by atoms with Gasteiger partial charge in [-0.1, -0.05) is 95.0 Å². The summed E-state index contributed by atoms with van der Waals surface area (Å²) in [5.74, 6) is 0. The SMILES string of the molecule is CCCCCCCCCCCCOC(C)c1ccccc1. The van der Waals surface area contributed by atoms with E-state index in [0.717, 1.165) is 6.61 Å². The number of hydrogen-bond acceptors (Lipinski definition) is 1. The fourth-order valence-electron chi connectivity index (χ4n) is 2.67. The highest BCUT2D eigenvalue weighted by atomic mass is 16.5. The molecule has 1 aromatic rings. The molecule has 1 heteroatoms. The van der Waals surface area contributed by atoms with Gasteiger partial charge in [0.25, 0.3) is 0 Å². The predicted molar refractivity (Wildman–Crippen MR) is 92.7 cm³/mol. The molecule has 0 aliphatic rings. The van der Waals surface area contributed by atoms with Crippen molar-refractivity contribution in [3.05, 3.63) is 35.9 Å². The average Bonchev–Trinajstić information content (AvgIpc) is 2.53. The third-order valence-electron chi connectivity index (χ3n) is 4.13. The molecule has 0 bridgehead atoms. The zero-order valence-electron chi connectivity index (χ0n) is 14.2. The molecule has 1 aromatic carbocycles. The molecule has 0 amide bonds. The third kappa shape index (κ3) is 9.68. The van der Waals surface area contributed by atoms with Crippen LogP contribution < -0.4 is 0 Å². The van der Waals surface area contributed by atoms with Crippen molar-refractivity contribution in [3.63, 3.8) is 0 Å². The van der Waals surface area contributed by atoms with Crippen LogP contribution in [0.25, 0.3) is 0 Å². The minimum atomic E-state index is 0.227. The van der Waals surface area contributed by atoms with Gasteiger partial charge in [0.15, 0.2) is 0 Å². The summed E-state index contributed by atoms with van der Waals surface area (Å²) >= 11 is 0. The molecule has 0 radical (unpaired) electrons. The quantitative estimate of drug-likeness (QED) is 0.368. The molecule has 0 saturated heterocycles. The second-order valence-corrected chi connectivity index (χ2v) is 6.11. The van der Waals surface area contributed by atoms with E-state index < -0.39 is 0 Å². The maximum absolute atomic E-state index is 5.90. The van der Waals surface area contributed by atoms with E-state index in [9.17, 15) is 0 Å². The lowest BCUT2D eigenvalue weighted by atomic mass is 10.1. The van der Waals surface area contributed by atoms with Gasteiger partial charge in [-0.15, -0.1) is 0 Å². The van der Waals surface area contributed by atoms with E-state index in [-0.39, 0.29) is 6.10 Å². The maximum Gasteiger partial charge on any atom is 0.0796 e. The van der Waals surface area contributed by atoms with Crippen LogP contribution in [-0.2, 0) is 4.74 Å². The summed E-state index contributed by atoms with van der Waals surface area (Å²) in [7, 11) is 0. The van der Waals surface area contributed by atoms with Gasteiger partial charge in [-0.3, -0.25) is 0 Å². The Morgan fingerprint density at radius 3 is 1.86 bits per heavy atom. The molecule has 0 aliphatic heterocycles. The minimum Gasteiger partial charge on any atom is -0.374 e. The maximum atomic E-state index is 5.90. The van der Waals surface area contributed by atoms with Crippen molar-refractivity contribution in [2.75, 3.05) is 6.61 Å². The van der Waals surface area contributed by atoms with Crippen LogP contribution >= 0.6 is 0 Å². The molecule has 1 atom stereocenters. The number of ether oxygens (including phenoxy) is 1.